The third-order valence-corrected chi connectivity index (χ3v) is 5.03. The van der Waals surface area contributed by atoms with Crippen LogP contribution in [0.5, 0.6) is 0 Å². The maximum absolute atomic E-state index is 4.72. The predicted molar refractivity (Wildman–Crippen MR) is 94.8 cm³/mol. The standard InChI is InChI=1S/C18H11N5S/c1-2-6-13-12(5-1)17(22-23-11-20-21-18(13)23)16-9-8-15(24-16)14-7-3-4-10-19-14/h1-11H. The van der Waals surface area contributed by atoms with Crippen molar-refractivity contribution in [2.45, 2.75) is 0 Å². The Labute approximate surface area is 141 Å². The van der Waals surface area contributed by atoms with Gasteiger partial charge in [-0.3, -0.25) is 4.98 Å². The molecule has 114 valence electrons. The van der Waals surface area contributed by atoms with Crippen molar-refractivity contribution in [2.24, 2.45) is 0 Å². The summed E-state index contributed by atoms with van der Waals surface area (Å²) in [5.41, 5.74) is 2.68. The van der Waals surface area contributed by atoms with Crippen LogP contribution in [0.15, 0.2) is 67.1 Å². The topological polar surface area (TPSA) is 56.0 Å². The summed E-state index contributed by atoms with van der Waals surface area (Å²) in [6.07, 6.45) is 3.45. The molecule has 6 heteroatoms. The number of nitrogens with zero attached hydrogens (tertiary/aromatic N) is 5. The number of benzene rings is 1. The average molecular weight is 329 g/mol. The van der Waals surface area contributed by atoms with E-state index in [9.17, 15) is 0 Å². The Morgan fingerprint density at radius 2 is 1.67 bits per heavy atom. The number of hydrogen-bond donors (Lipinski definition) is 0. The summed E-state index contributed by atoms with van der Waals surface area (Å²) in [6, 6.07) is 18.3. The van der Waals surface area contributed by atoms with Gasteiger partial charge in [0.15, 0.2) is 5.65 Å². The highest BCUT2D eigenvalue weighted by molar-refractivity contribution is 7.18. The van der Waals surface area contributed by atoms with Crippen LogP contribution < -0.4 is 0 Å². The highest BCUT2D eigenvalue weighted by Gasteiger charge is 2.14. The SMILES string of the molecule is c1ccc(-c2ccc(-c3nn4cnnc4c4ccccc34)s2)nc1. The Bertz CT molecular complexity index is 1160. The molecular weight excluding hydrogens is 318 g/mol. The fourth-order valence-electron chi connectivity index (χ4n) is 2.82. The number of fused-ring (bicyclic) bond motifs is 3. The zero-order valence-electron chi connectivity index (χ0n) is 12.5. The molecule has 1 aromatic carbocycles. The molecule has 0 saturated heterocycles. The number of hydrogen-bond acceptors (Lipinski definition) is 5. The minimum atomic E-state index is 0.774. The molecule has 4 heterocycles. The molecule has 0 bridgehead atoms. The molecule has 0 spiro atoms. The molecule has 5 aromatic rings. The van der Waals surface area contributed by atoms with E-state index in [1.807, 2.05) is 36.5 Å². The molecule has 0 unspecified atom stereocenters. The molecule has 0 amide bonds. The predicted octanol–water partition coefficient (Wildman–Crippen LogP) is 4.07. The molecule has 4 aromatic heterocycles. The van der Waals surface area contributed by atoms with Crippen molar-refractivity contribution in [1.29, 1.82) is 0 Å². The van der Waals surface area contributed by atoms with E-state index in [0.717, 1.165) is 37.6 Å². The minimum Gasteiger partial charge on any atom is -0.255 e. The number of thiophene rings is 1. The van der Waals surface area contributed by atoms with Gasteiger partial charge in [-0.25, -0.2) is 0 Å². The molecule has 0 aliphatic rings. The molecule has 0 saturated carbocycles. The zero-order valence-corrected chi connectivity index (χ0v) is 13.3. The first-order valence-electron chi connectivity index (χ1n) is 7.50. The number of pyridine rings is 1. The lowest BCUT2D eigenvalue weighted by molar-refractivity contribution is 0.943. The van der Waals surface area contributed by atoms with Gasteiger partial charge in [0.05, 0.1) is 15.4 Å². The lowest BCUT2D eigenvalue weighted by atomic mass is 10.1. The van der Waals surface area contributed by atoms with Gasteiger partial charge in [0.25, 0.3) is 0 Å². The zero-order chi connectivity index (χ0) is 15.9. The maximum Gasteiger partial charge on any atom is 0.185 e. The lowest BCUT2D eigenvalue weighted by Crippen LogP contribution is -1.95. The Hall–Kier alpha value is -3.12. The second-order valence-corrected chi connectivity index (χ2v) is 6.46. The van der Waals surface area contributed by atoms with Crippen molar-refractivity contribution in [2.75, 3.05) is 0 Å². The summed E-state index contributed by atoms with van der Waals surface area (Å²) in [4.78, 5) is 6.65. The fraction of sp³-hybridized carbons (Fsp3) is 0. The van der Waals surface area contributed by atoms with Crippen LogP contribution in [0.3, 0.4) is 0 Å². The summed E-state index contributed by atoms with van der Waals surface area (Å²) in [5, 5.41) is 15.0. The number of rotatable bonds is 2. The fourth-order valence-corrected chi connectivity index (χ4v) is 3.80. The van der Waals surface area contributed by atoms with Crippen molar-refractivity contribution in [1.82, 2.24) is 24.8 Å². The van der Waals surface area contributed by atoms with Crippen LogP contribution in [0.4, 0.5) is 0 Å². The third-order valence-electron chi connectivity index (χ3n) is 3.92. The monoisotopic (exact) mass is 329 g/mol. The van der Waals surface area contributed by atoms with Crippen LogP contribution in [0.1, 0.15) is 0 Å². The van der Waals surface area contributed by atoms with Crippen LogP contribution in [-0.2, 0) is 0 Å². The van der Waals surface area contributed by atoms with Gasteiger partial charge in [-0.1, -0.05) is 30.3 Å². The van der Waals surface area contributed by atoms with E-state index >= 15 is 0 Å². The molecule has 24 heavy (non-hydrogen) atoms. The molecule has 0 aliphatic heterocycles. The summed E-state index contributed by atoms with van der Waals surface area (Å²) in [7, 11) is 0. The van der Waals surface area contributed by atoms with Gasteiger partial charge in [-0.2, -0.15) is 9.61 Å². The Morgan fingerprint density at radius 1 is 0.833 bits per heavy atom. The molecule has 5 rings (SSSR count). The Morgan fingerprint density at radius 3 is 2.54 bits per heavy atom. The quantitative estimate of drug-likeness (QED) is 0.490. The molecule has 0 atom stereocenters. The summed E-state index contributed by atoms with van der Waals surface area (Å²) >= 11 is 1.69. The Balaban J connectivity index is 1.75. The van der Waals surface area contributed by atoms with Crippen LogP contribution in [0.25, 0.3) is 37.6 Å². The van der Waals surface area contributed by atoms with Gasteiger partial charge >= 0.3 is 0 Å². The second kappa shape index (κ2) is 5.21. The number of aromatic nitrogens is 5. The highest BCUT2D eigenvalue weighted by atomic mass is 32.1. The van der Waals surface area contributed by atoms with Crippen LogP contribution in [0, 0.1) is 0 Å². The molecule has 0 aliphatic carbocycles. The van der Waals surface area contributed by atoms with Gasteiger partial charge in [-0.05, 0) is 24.3 Å². The summed E-state index contributed by atoms with van der Waals surface area (Å²) < 4.78 is 1.73. The van der Waals surface area contributed by atoms with Gasteiger partial charge in [0.2, 0.25) is 0 Å². The first-order chi connectivity index (χ1) is 11.9. The van der Waals surface area contributed by atoms with Crippen molar-refractivity contribution in [3.8, 4) is 21.1 Å². The first-order valence-corrected chi connectivity index (χ1v) is 8.32. The lowest BCUT2D eigenvalue weighted by Gasteiger charge is -2.05. The molecule has 0 radical (unpaired) electrons. The summed E-state index contributed by atoms with van der Waals surface area (Å²) in [6.45, 7) is 0. The molecule has 0 fully saturated rings. The minimum absolute atomic E-state index is 0.774. The van der Waals surface area contributed by atoms with E-state index in [2.05, 4.69) is 39.4 Å². The molecule has 0 N–H and O–H groups in total. The van der Waals surface area contributed by atoms with E-state index in [1.165, 1.54) is 0 Å². The maximum atomic E-state index is 4.72. The van der Waals surface area contributed by atoms with E-state index in [0.29, 0.717) is 0 Å². The Kier molecular flexibility index (Phi) is 2.89. The van der Waals surface area contributed by atoms with Gasteiger partial charge < -0.3 is 0 Å². The molecule has 5 nitrogen and oxygen atoms in total. The van der Waals surface area contributed by atoms with Gasteiger partial charge in [0, 0.05) is 17.0 Å². The van der Waals surface area contributed by atoms with Gasteiger partial charge in [-0.15, -0.1) is 21.5 Å². The second-order valence-electron chi connectivity index (χ2n) is 5.37. The van der Waals surface area contributed by atoms with Crippen LogP contribution in [0.2, 0.25) is 0 Å². The average Bonchev–Trinajstić information content (AvgIpc) is 3.31. The van der Waals surface area contributed by atoms with E-state index in [1.54, 1.807) is 22.2 Å². The van der Waals surface area contributed by atoms with Crippen molar-refractivity contribution >= 4 is 27.8 Å². The normalized spacial score (nSPS) is 11.3. The summed E-state index contributed by atoms with van der Waals surface area (Å²) in [5.74, 6) is 0. The van der Waals surface area contributed by atoms with E-state index in [4.69, 9.17) is 5.10 Å². The van der Waals surface area contributed by atoms with Crippen molar-refractivity contribution in [3.63, 3.8) is 0 Å². The smallest absolute Gasteiger partial charge is 0.185 e. The van der Waals surface area contributed by atoms with Crippen LogP contribution >= 0.6 is 11.3 Å². The van der Waals surface area contributed by atoms with Gasteiger partial charge in [0.1, 0.15) is 12.0 Å². The third kappa shape index (κ3) is 2.00. The van der Waals surface area contributed by atoms with E-state index < -0.39 is 0 Å². The van der Waals surface area contributed by atoms with Crippen molar-refractivity contribution in [3.05, 3.63) is 67.1 Å². The van der Waals surface area contributed by atoms with E-state index in [-0.39, 0.29) is 0 Å². The highest BCUT2D eigenvalue weighted by Crippen LogP contribution is 2.36. The largest absolute Gasteiger partial charge is 0.255 e. The first kappa shape index (κ1) is 13.3. The van der Waals surface area contributed by atoms with Crippen LogP contribution in [-0.4, -0.2) is 24.8 Å². The molecular formula is C18H11N5S. The van der Waals surface area contributed by atoms with Crippen molar-refractivity contribution < 1.29 is 0 Å².